The van der Waals surface area contributed by atoms with Crippen molar-refractivity contribution in [2.75, 3.05) is 5.73 Å². The number of aromatic nitrogens is 2. The number of halogens is 1. The van der Waals surface area contributed by atoms with Gasteiger partial charge in [0.25, 0.3) is 0 Å². The lowest BCUT2D eigenvalue weighted by molar-refractivity contribution is -0.693. The zero-order valence-corrected chi connectivity index (χ0v) is 13.6. The van der Waals surface area contributed by atoms with Crippen molar-refractivity contribution in [2.24, 2.45) is 0 Å². The number of rotatable bonds is 2. The smallest absolute Gasteiger partial charge is 0.233 e. The van der Waals surface area contributed by atoms with E-state index in [1.807, 2.05) is 43.6 Å². The molecular formula is C15H16IN3O. The summed E-state index contributed by atoms with van der Waals surface area (Å²) in [6, 6.07) is 7.73. The molecular weight excluding hydrogens is 365 g/mol. The van der Waals surface area contributed by atoms with E-state index in [1.54, 1.807) is 0 Å². The predicted octanol–water partition coefficient (Wildman–Crippen LogP) is -0.303. The van der Waals surface area contributed by atoms with Crippen LogP contribution in [0.25, 0.3) is 22.6 Å². The fraction of sp³-hybridized carbons (Fsp3) is 0.200. The highest BCUT2D eigenvalue weighted by Gasteiger charge is 2.13. The zero-order chi connectivity index (χ0) is 13.4. The second-order valence-electron chi connectivity index (χ2n) is 4.63. The summed E-state index contributed by atoms with van der Waals surface area (Å²) in [7, 11) is 0. The van der Waals surface area contributed by atoms with Gasteiger partial charge in [-0.15, -0.1) is 0 Å². The monoisotopic (exact) mass is 381 g/mol. The summed E-state index contributed by atoms with van der Waals surface area (Å²) in [4.78, 5) is 4.52. The molecule has 0 aliphatic carbocycles. The van der Waals surface area contributed by atoms with E-state index in [0.29, 0.717) is 11.6 Å². The third-order valence-electron chi connectivity index (χ3n) is 3.17. The van der Waals surface area contributed by atoms with Gasteiger partial charge in [-0.25, -0.2) is 9.55 Å². The molecule has 0 radical (unpaired) electrons. The SMILES string of the molecule is CC[n+]1cccc(-c2nc3cc(N)cc(C)c3o2)c1.[I-]. The molecule has 4 nitrogen and oxygen atoms in total. The van der Waals surface area contributed by atoms with Crippen molar-refractivity contribution in [2.45, 2.75) is 20.4 Å². The number of nitrogens with two attached hydrogens (primary N) is 1. The average Bonchev–Trinajstić information content (AvgIpc) is 2.83. The van der Waals surface area contributed by atoms with Crippen LogP contribution < -0.4 is 34.3 Å². The van der Waals surface area contributed by atoms with Gasteiger partial charge < -0.3 is 34.1 Å². The van der Waals surface area contributed by atoms with Crippen LogP contribution >= 0.6 is 0 Å². The van der Waals surface area contributed by atoms with E-state index in [9.17, 15) is 0 Å². The third-order valence-corrected chi connectivity index (χ3v) is 3.17. The van der Waals surface area contributed by atoms with Gasteiger partial charge in [0.1, 0.15) is 17.6 Å². The summed E-state index contributed by atoms with van der Waals surface area (Å²) in [5, 5.41) is 0. The number of benzene rings is 1. The predicted molar refractivity (Wildman–Crippen MR) is 74.5 cm³/mol. The first-order valence-electron chi connectivity index (χ1n) is 6.33. The first-order valence-corrected chi connectivity index (χ1v) is 6.33. The molecule has 0 saturated heterocycles. The van der Waals surface area contributed by atoms with Crippen molar-refractivity contribution in [3.8, 4) is 11.5 Å². The molecule has 0 aliphatic heterocycles. The quantitative estimate of drug-likeness (QED) is 0.377. The number of nitrogen functional groups attached to an aromatic ring is 1. The fourth-order valence-corrected chi connectivity index (χ4v) is 2.20. The molecule has 0 bridgehead atoms. The van der Waals surface area contributed by atoms with Crippen molar-refractivity contribution in [3.05, 3.63) is 42.2 Å². The number of anilines is 1. The Labute approximate surface area is 134 Å². The minimum Gasteiger partial charge on any atom is -1.00 e. The number of nitrogens with zero attached hydrogens (tertiary/aromatic N) is 2. The lowest BCUT2D eigenvalue weighted by Crippen LogP contribution is -3.00. The van der Waals surface area contributed by atoms with Crippen LogP contribution in [0.4, 0.5) is 5.69 Å². The number of oxazole rings is 1. The highest BCUT2D eigenvalue weighted by molar-refractivity contribution is 5.82. The molecule has 5 heteroatoms. The summed E-state index contributed by atoms with van der Waals surface area (Å²) < 4.78 is 7.95. The molecule has 0 saturated carbocycles. The summed E-state index contributed by atoms with van der Waals surface area (Å²) in [5.74, 6) is 0.631. The maximum Gasteiger partial charge on any atom is 0.233 e. The molecule has 2 N–H and O–H groups in total. The Bertz CT molecular complexity index is 752. The Hall–Kier alpha value is -1.63. The second-order valence-corrected chi connectivity index (χ2v) is 4.63. The van der Waals surface area contributed by atoms with Crippen LogP contribution in [0.2, 0.25) is 0 Å². The summed E-state index contributed by atoms with van der Waals surface area (Å²) in [5.41, 5.74) is 10.1. The molecule has 0 amide bonds. The number of fused-ring (bicyclic) bond motifs is 1. The van der Waals surface area contributed by atoms with Gasteiger partial charge in [0.05, 0.1) is 0 Å². The van der Waals surface area contributed by atoms with E-state index in [0.717, 1.165) is 28.8 Å². The minimum absolute atomic E-state index is 0. The standard InChI is InChI=1S/C15H16N3O.HI/c1-3-18-6-4-5-11(9-18)15-17-13-8-12(16)7-10(2)14(13)19-15;/h4-9H,3,16H2,1-2H3;1H/q+1;/p-1. The highest BCUT2D eigenvalue weighted by Crippen LogP contribution is 2.27. The molecule has 20 heavy (non-hydrogen) atoms. The van der Waals surface area contributed by atoms with Crippen molar-refractivity contribution in [1.29, 1.82) is 0 Å². The van der Waals surface area contributed by atoms with Gasteiger partial charge in [-0.2, -0.15) is 0 Å². The van der Waals surface area contributed by atoms with E-state index < -0.39 is 0 Å². The van der Waals surface area contributed by atoms with E-state index in [1.165, 1.54) is 0 Å². The van der Waals surface area contributed by atoms with Crippen LogP contribution in [0.5, 0.6) is 0 Å². The van der Waals surface area contributed by atoms with Gasteiger partial charge in [0.15, 0.2) is 18.0 Å². The molecule has 0 fully saturated rings. The molecule has 0 spiro atoms. The molecule has 0 unspecified atom stereocenters. The Kier molecular flexibility index (Phi) is 4.27. The van der Waals surface area contributed by atoms with E-state index >= 15 is 0 Å². The van der Waals surface area contributed by atoms with Gasteiger partial charge in [0.2, 0.25) is 5.89 Å². The van der Waals surface area contributed by atoms with Crippen molar-refractivity contribution in [3.63, 3.8) is 0 Å². The molecule has 0 aliphatic rings. The van der Waals surface area contributed by atoms with Gasteiger partial charge in [-0.3, -0.25) is 0 Å². The number of hydrogen-bond donors (Lipinski definition) is 1. The lowest BCUT2D eigenvalue weighted by Gasteiger charge is -1.95. The summed E-state index contributed by atoms with van der Waals surface area (Å²) in [6.45, 7) is 4.99. The van der Waals surface area contributed by atoms with Crippen LogP contribution in [0.15, 0.2) is 41.1 Å². The minimum atomic E-state index is 0. The first-order chi connectivity index (χ1) is 9.17. The summed E-state index contributed by atoms with van der Waals surface area (Å²) >= 11 is 0. The van der Waals surface area contributed by atoms with Gasteiger partial charge >= 0.3 is 0 Å². The van der Waals surface area contributed by atoms with Crippen molar-refractivity contribution in [1.82, 2.24) is 4.98 Å². The van der Waals surface area contributed by atoms with Crippen molar-refractivity contribution < 1.29 is 33.0 Å². The molecule has 0 atom stereocenters. The molecule has 2 aromatic heterocycles. The van der Waals surface area contributed by atoms with Gasteiger partial charge in [-0.05, 0) is 37.6 Å². The molecule has 104 valence electrons. The first kappa shape index (κ1) is 14.8. The van der Waals surface area contributed by atoms with Crippen LogP contribution in [-0.2, 0) is 6.54 Å². The fourth-order valence-electron chi connectivity index (χ4n) is 2.20. The van der Waals surface area contributed by atoms with Crippen molar-refractivity contribution >= 4 is 16.8 Å². The lowest BCUT2D eigenvalue weighted by atomic mass is 10.2. The van der Waals surface area contributed by atoms with E-state index in [-0.39, 0.29) is 24.0 Å². The number of aryl methyl sites for hydroxylation is 2. The van der Waals surface area contributed by atoms with E-state index in [4.69, 9.17) is 10.2 Å². The largest absolute Gasteiger partial charge is 1.00 e. The molecule has 3 aromatic rings. The maximum atomic E-state index is 5.86. The zero-order valence-electron chi connectivity index (χ0n) is 11.4. The normalized spacial score (nSPS) is 10.5. The topological polar surface area (TPSA) is 55.9 Å². The van der Waals surface area contributed by atoms with Crippen LogP contribution in [0.1, 0.15) is 12.5 Å². The Morgan fingerprint density at radius 1 is 1.35 bits per heavy atom. The van der Waals surface area contributed by atoms with E-state index in [2.05, 4.69) is 16.5 Å². The Morgan fingerprint density at radius 2 is 2.15 bits per heavy atom. The van der Waals surface area contributed by atoms with Crippen LogP contribution in [0.3, 0.4) is 0 Å². The summed E-state index contributed by atoms with van der Waals surface area (Å²) in [6.07, 6.45) is 4.05. The molecule has 3 rings (SSSR count). The Balaban J connectivity index is 0.00000147. The maximum absolute atomic E-state index is 5.86. The molecule has 1 aromatic carbocycles. The van der Waals surface area contributed by atoms with Gasteiger partial charge in [-0.1, -0.05) is 0 Å². The number of hydrogen-bond acceptors (Lipinski definition) is 3. The van der Waals surface area contributed by atoms with Crippen LogP contribution in [-0.4, -0.2) is 4.98 Å². The highest BCUT2D eigenvalue weighted by atomic mass is 127. The van der Waals surface area contributed by atoms with Gasteiger partial charge in [0, 0.05) is 11.8 Å². The number of pyridine rings is 1. The Morgan fingerprint density at radius 3 is 2.90 bits per heavy atom. The average molecular weight is 381 g/mol. The van der Waals surface area contributed by atoms with Crippen LogP contribution in [0, 0.1) is 6.92 Å². The second kappa shape index (κ2) is 5.78. The molecule has 2 heterocycles. The third kappa shape index (κ3) is 2.63.